The van der Waals surface area contributed by atoms with Crippen LogP contribution in [0.2, 0.25) is 13.3 Å². The third kappa shape index (κ3) is 15.4. The van der Waals surface area contributed by atoms with E-state index in [4.69, 9.17) is 5.11 Å². The minimum Gasteiger partial charge on any atom is -0.481 e. The second-order valence-electron chi connectivity index (χ2n) is 15.0. The van der Waals surface area contributed by atoms with Gasteiger partial charge in [0, 0.05) is 6.42 Å². The maximum atomic E-state index is 10.2. The van der Waals surface area contributed by atoms with E-state index in [1.165, 1.54) is 74.9 Å². The van der Waals surface area contributed by atoms with Crippen molar-refractivity contribution in [2.24, 2.45) is 0 Å². The van der Waals surface area contributed by atoms with E-state index in [2.05, 4.69) is 139 Å². The van der Waals surface area contributed by atoms with Crippen LogP contribution in [0.5, 0.6) is 0 Å². The number of carboxylic acid groups (broad SMARTS) is 1. The van der Waals surface area contributed by atoms with Crippen LogP contribution in [0.4, 0.5) is 0 Å². The van der Waals surface area contributed by atoms with Crippen LogP contribution in [0.1, 0.15) is 129 Å². The van der Waals surface area contributed by atoms with E-state index < -0.39 is 25.7 Å². The van der Waals surface area contributed by atoms with E-state index in [-0.39, 0.29) is 16.2 Å². The molecule has 3 aromatic carbocycles. The first-order valence-electron chi connectivity index (χ1n) is 17.6. The van der Waals surface area contributed by atoms with Gasteiger partial charge in [0.15, 0.2) is 0 Å². The fourth-order valence-corrected chi connectivity index (χ4v) is 20.1. The molecule has 45 heavy (non-hydrogen) atoms. The van der Waals surface area contributed by atoms with E-state index in [0.29, 0.717) is 6.42 Å². The fourth-order valence-electron chi connectivity index (χ4n) is 6.62. The molecule has 1 N–H and O–H groups in total. The Balaban J connectivity index is 0.000000426. The molecule has 0 heterocycles. The standard InChI is InChI=1S/C12H24O2.3C10H13.Sn/c1-2-3-4-5-6-7-8-9-10-11-12(13)14;3*1-10(2,3)9-7-5-4-6-8-9;/h2-11H2,1H3,(H,13,14);3*4-8H,1H2,2-3H3;. The smallest absolute Gasteiger partial charge is 0.303 e. The van der Waals surface area contributed by atoms with E-state index in [9.17, 15) is 4.79 Å². The molecule has 3 rings (SSSR count). The minimum atomic E-state index is -1.84. The number of carbonyl (C=O) groups is 1. The normalized spacial score (nSPS) is 12.1. The van der Waals surface area contributed by atoms with Gasteiger partial charge in [0.25, 0.3) is 0 Å². The van der Waals surface area contributed by atoms with Gasteiger partial charge >= 0.3 is 205 Å². The second kappa shape index (κ2) is 20.2. The Morgan fingerprint density at radius 1 is 0.511 bits per heavy atom. The molecule has 0 spiro atoms. The summed E-state index contributed by atoms with van der Waals surface area (Å²) in [5.41, 5.74) is 5.16. The Hall–Kier alpha value is -2.07. The quantitative estimate of drug-likeness (QED) is 0.0990. The molecule has 0 atom stereocenters. The molecule has 0 aliphatic rings. The van der Waals surface area contributed by atoms with Crippen LogP contribution >= 0.6 is 0 Å². The number of hydrogen-bond donors (Lipinski definition) is 1. The fraction of sp³-hybridized carbons (Fsp3) is 0.548. The van der Waals surface area contributed by atoms with E-state index in [0.717, 1.165) is 12.8 Å². The van der Waals surface area contributed by atoms with Gasteiger partial charge in [-0.15, -0.1) is 0 Å². The molecule has 0 aromatic heterocycles. The molecule has 0 saturated carbocycles. The summed E-state index contributed by atoms with van der Waals surface area (Å²) in [6.45, 7) is 17.0. The number of unbranched alkanes of at least 4 members (excludes halogenated alkanes) is 8. The molecular formula is C42H63O2Sn. The average molecular weight is 719 g/mol. The Morgan fingerprint density at radius 2 is 0.800 bits per heavy atom. The molecule has 247 valence electrons. The van der Waals surface area contributed by atoms with Crippen LogP contribution in [0.25, 0.3) is 0 Å². The first-order valence-corrected chi connectivity index (χ1v) is 23.6. The zero-order valence-electron chi connectivity index (χ0n) is 29.7. The molecule has 0 amide bonds. The van der Waals surface area contributed by atoms with Crippen molar-refractivity contribution in [3.8, 4) is 0 Å². The molecule has 2 nitrogen and oxygen atoms in total. The molecule has 0 saturated heterocycles. The van der Waals surface area contributed by atoms with Gasteiger partial charge < -0.3 is 5.11 Å². The van der Waals surface area contributed by atoms with Crippen molar-refractivity contribution < 1.29 is 9.90 Å². The molecule has 1 radical (unpaired) electrons. The topological polar surface area (TPSA) is 37.3 Å². The van der Waals surface area contributed by atoms with Crippen molar-refractivity contribution >= 4 is 25.7 Å². The van der Waals surface area contributed by atoms with Crippen LogP contribution in [-0.2, 0) is 21.0 Å². The molecule has 0 aliphatic carbocycles. The summed E-state index contributed by atoms with van der Waals surface area (Å²) in [6.07, 6.45) is 11.5. The summed E-state index contributed by atoms with van der Waals surface area (Å²) in [5.74, 6) is -0.659. The van der Waals surface area contributed by atoms with Crippen molar-refractivity contribution in [2.75, 3.05) is 0 Å². The predicted molar refractivity (Wildman–Crippen MR) is 198 cm³/mol. The Kier molecular flexibility index (Phi) is 17.6. The van der Waals surface area contributed by atoms with Crippen molar-refractivity contribution in [1.82, 2.24) is 0 Å². The SMILES string of the molecule is CC(C)([CH2][Sn]([CH2]C(C)(C)c1ccccc1)[CH2]C(C)(C)c1ccccc1)c1ccccc1.CCCCCCCCCCCC(=O)O. The van der Waals surface area contributed by atoms with Crippen LogP contribution in [0.15, 0.2) is 91.0 Å². The monoisotopic (exact) mass is 719 g/mol. The number of aliphatic carboxylic acids is 1. The number of hydrogen-bond acceptors (Lipinski definition) is 1. The summed E-state index contributed by atoms with van der Waals surface area (Å²) in [7, 11) is 0. The first-order chi connectivity index (χ1) is 21.4. The van der Waals surface area contributed by atoms with Crippen molar-refractivity contribution in [2.45, 2.75) is 142 Å². The van der Waals surface area contributed by atoms with Gasteiger partial charge in [0.1, 0.15) is 0 Å². The molecule has 3 heteroatoms. The van der Waals surface area contributed by atoms with Gasteiger partial charge in [-0.3, -0.25) is 4.79 Å². The van der Waals surface area contributed by atoms with Crippen LogP contribution < -0.4 is 0 Å². The van der Waals surface area contributed by atoms with Crippen molar-refractivity contribution in [3.63, 3.8) is 0 Å². The van der Waals surface area contributed by atoms with Crippen LogP contribution in [-0.4, -0.2) is 30.8 Å². The summed E-state index contributed by atoms with van der Waals surface area (Å²) in [4.78, 5) is 10.2. The van der Waals surface area contributed by atoms with Gasteiger partial charge in [-0.25, -0.2) is 0 Å². The van der Waals surface area contributed by atoms with Crippen LogP contribution in [0.3, 0.4) is 0 Å². The zero-order valence-corrected chi connectivity index (χ0v) is 32.6. The van der Waals surface area contributed by atoms with E-state index in [1.54, 1.807) is 0 Å². The molecule has 0 unspecified atom stereocenters. The third-order valence-electron chi connectivity index (χ3n) is 9.24. The molecule has 0 fully saturated rings. The third-order valence-corrected chi connectivity index (χ3v) is 21.1. The van der Waals surface area contributed by atoms with Gasteiger partial charge in [0.05, 0.1) is 0 Å². The maximum absolute atomic E-state index is 10.2. The molecule has 0 bridgehead atoms. The second-order valence-corrected chi connectivity index (χ2v) is 22.3. The van der Waals surface area contributed by atoms with Crippen molar-refractivity contribution in [3.05, 3.63) is 108 Å². The van der Waals surface area contributed by atoms with E-state index in [1.807, 2.05) is 0 Å². The average Bonchev–Trinajstić information content (AvgIpc) is 3.01. The molecular weight excluding hydrogens is 655 g/mol. The van der Waals surface area contributed by atoms with Gasteiger partial charge in [-0.2, -0.15) is 0 Å². The summed E-state index contributed by atoms with van der Waals surface area (Å²) < 4.78 is 4.14. The zero-order chi connectivity index (χ0) is 33.2. The largest absolute Gasteiger partial charge is 0.481 e. The summed E-state index contributed by atoms with van der Waals surface area (Å²) in [6, 6.07) is 33.5. The minimum absolute atomic E-state index is 0.232. The van der Waals surface area contributed by atoms with Gasteiger partial charge in [-0.1, -0.05) is 58.3 Å². The molecule has 3 aromatic rings. The van der Waals surface area contributed by atoms with Crippen molar-refractivity contribution in [1.29, 1.82) is 0 Å². The van der Waals surface area contributed by atoms with Crippen LogP contribution in [0, 0.1) is 0 Å². The first kappa shape index (κ1) is 39.1. The number of benzene rings is 3. The maximum Gasteiger partial charge on any atom is 0.303 e. The number of carboxylic acids is 1. The van der Waals surface area contributed by atoms with Gasteiger partial charge in [0.2, 0.25) is 0 Å². The Labute approximate surface area is 284 Å². The summed E-state index contributed by atoms with van der Waals surface area (Å²) >= 11 is -1.84. The summed E-state index contributed by atoms with van der Waals surface area (Å²) in [5, 5.41) is 8.41. The van der Waals surface area contributed by atoms with E-state index >= 15 is 0 Å². The Morgan fingerprint density at radius 3 is 1.09 bits per heavy atom. The number of rotatable bonds is 19. The predicted octanol–water partition coefficient (Wildman–Crippen LogP) is 12.4. The Bertz CT molecular complexity index is 1060. The molecule has 0 aliphatic heterocycles. The van der Waals surface area contributed by atoms with Gasteiger partial charge in [-0.05, 0) is 6.42 Å².